The predicted molar refractivity (Wildman–Crippen MR) is 79.8 cm³/mol. The Kier molecular flexibility index (Phi) is 4.72. The Morgan fingerprint density at radius 1 is 1.14 bits per heavy atom. The summed E-state index contributed by atoms with van der Waals surface area (Å²) < 4.78 is 0. The van der Waals surface area contributed by atoms with Gasteiger partial charge in [0, 0.05) is 12.6 Å². The smallest absolute Gasteiger partial charge is 0.275 e. The SMILES string of the molecule is CNC(=O)c1ccc(Cl)c(NC(=O)c2cncc(Cl)n2)c1. The summed E-state index contributed by atoms with van der Waals surface area (Å²) in [6.07, 6.45) is 2.59. The van der Waals surface area contributed by atoms with Crippen molar-refractivity contribution in [3.8, 4) is 0 Å². The van der Waals surface area contributed by atoms with Gasteiger partial charge in [0.25, 0.3) is 11.8 Å². The maximum absolute atomic E-state index is 12.0. The highest BCUT2D eigenvalue weighted by Gasteiger charge is 2.13. The van der Waals surface area contributed by atoms with E-state index in [1.165, 1.54) is 31.6 Å². The van der Waals surface area contributed by atoms with Gasteiger partial charge >= 0.3 is 0 Å². The molecule has 2 rings (SSSR count). The van der Waals surface area contributed by atoms with E-state index in [2.05, 4.69) is 20.6 Å². The summed E-state index contributed by atoms with van der Waals surface area (Å²) in [4.78, 5) is 31.2. The molecule has 0 fully saturated rings. The van der Waals surface area contributed by atoms with Crippen LogP contribution in [0.25, 0.3) is 0 Å². The molecular weight excluding hydrogens is 315 g/mol. The molecule has 1 heterocycles. The Bertz CT molecular complexity index is 706. The van der Waals surface area contributed by atoms with E-state index >= 15 is 0 Å². The van der Waals surface area contributed by atoms with Gasteiger partial charge in [0.05, 0.1) is 23.1 Å². The Morgan fingerprint density at radius 3 is 2.57 bits per heavy atom. The fraction of sp³-hybridized carbons (Fsp3) is 0.0769. The van der Waals surface area contributed by atoms with Crippen molar-refractivity contribution in [1.29, 1.82) is 0 Å². The van der Waals surface area contributed by atoms with Crippen molar-refractivity contribution >= 4 is 40.7 Å². The molecule has 0 aliphatic carbocycles. The summed E-state index contributed by atoms with van der Waals surface area (Å²) in [5.74, 6) is -0.814. The highest BCUT2D eigenvalue weighted by atomic mass is 35.5. The molecule has 2 amide bonds. The quantitative estimate of drug-likeness (QED) is 0.907. The van der Waals surface area contributed by atoms with E-state index in [-0.39, 0.29) is 16.8 Å². The predicted octanol–water partition coefficient (Wildman–Crippen LogP) is 2.40. The normalized spacial score (nSPS) is 10.0. The lowest BCUT2D eigenvalue weighted by Gasteiger charge is -2.08. The summed E-state index contributed by atoms with van der Waals surface area (Å²) in [7, 11) is 1.51. The van der Waals surface area contributed by atoms with Crippen molar-refractivity contribution in [3.05, 3.63) is 52.0 Å². The van der Waals surface area contributed by atoms with Gasteiger partial charge in [0.2, 0.25) is 0 Å². The van der Waals surface area contributed by atoms with E-state index in [0.29, 0.717) is 16.3 Å². The Morgan fingerprint density at radius 2 is 1.90 bits per heavy atom. The van der Waals surface area contributed by atoms with Crippen molar-refractivity contribution < 1.29 is 9.59 Å². The molecule has 0 aliphatic heterocycles. The van der Waals surface area contributed by atoms with E-state index in [4.69, 9.17) is 23.2 Å². The van der Waals surface area contributed by atoms with Gasteiger partial charge in [-0.25, -0.2) is 4.98 Å². The molecule has 2 aromatic rings. The first-order valence-electron chi connectivity index (χ1n) is 5.82. The molecule has 0 saturated heterocycles. The fourth-order valence-electron chi connectivity index (χ4n) is 1.54. The van der Waals surface area contributed by atoms with Gasteiger partial charge in [-0.1, -0.05) is 23.2 Å². The average Bonchev–Trinajstić information content (AvgIpc) is 2.48. The summed E-state index contributed by atoms with van der Waals surface area (Å²) >= 11 is 11.7. The number of carbonyl (C=O) groups excluding carboxylic acids is 2. The molecule has 21 heavy (non-hydrogen) atoms. The van der Waals surface area contributed by atoms with E-state index < -0.39 is 5.91 Å². The summed E-state index contributed by atoms with van der Waals surface area (Å²) in [5.41, 5.74) is 0.711. The van der Waals surface area contributed by atoms with Gasteiger partial charge in [-0.3, -0.25) is 14.6 Å². The van der Waals surface area contributed by atoms with E-state index in [1.54, 1.807) is 6.07 Å². The highest BCUT2D eigenvalue weighted by Crippen LogP contribution is 2.23. The molecule has 0 radical (unpaired) electrons. The van der Waals surface area contributed by atoms with Crippen LogP contribution in [0, 0.1) is 0 Å². The minimum Gasteiger partial charge on any atom is -0.355 e. The zero-order valence-electron chi connectivity index (χ0n) is 10.9. The van der Waals surface area contributed by atoms with Crippen LogP contribution in [0.4, 0.5) is 5.69 Å². The second-order valence-electron chi connectivity index (χ2n) is 3.95. The van der Waals surface area contributed by atoms with Crippen LogP contribution < -0.4 is 10.6 Å². The number of carbonyl (C=O) groups is 2. The highest BCUT2D eigenvalue weighted by molar-refractivity contribution is 6.34. The van der Waals surface area contributed by atoms with E-state index in [1.807, 2.05) is 0 Å². The Labute approximate surface area is 130 Å². The fourth-order valence-corrected chi connectivity index (χ4v) is 1.86. The van der Waals surface area contributed by atoms with Gasteiger partial charge in [-0.05, 0) is 18.2 Å². The molecule has 2 N–H and O–H groups in total. The van der Waals surface area contributed by atoms with Gasteiger partial charge in [0.1, 0.15) is 10.8 Å². The van der Waals surface area contributed by atoms with Crippen LogP contribution in [0.15, 0.2) is 30.6 Å². The number of nitrogens with one attached hydrogen (secondary N) is 2. The number of amides is 2. The number of nitrogens with zero attached hydrogens (tertiary/aromatic N) is 2. The number of rotatable bonds is 3. The van der Waals surface area contributed by atoms with Crippen molar-refractivity contribution in [1.82, 2.24) is 15.3 Å². The van der Waals surface area contributed by atoms with Gasteiger partial charge in [-0.15, -0.1) is 0 Å². The third kappa shape index (κ3) is 3.68. The molecule has 1 aromatic carbocycles. The first-order valence-corrected chi connectivity index (χ1v) is 6.57. The molecule has 0 atom stereocenters. The molecule has 0 unspecified atom stereocenters. The van der Waals surface area contributed by atoms with Crippen molar-refractivity contribution in [2.45, 2.75) is 0 Å². The number of halogens is 2. The van der Waals surface area contributed by atoms with Gasteiger partial charge < -0.3 is 10.6 Å². The van der Waals surface area contributed by atoms with E-state index in [0.717, 1.165) is 0 Å². The molecule has 0 aliphatic rings. The zero-order chi connectivity index (χ0) is 15.4. The number of hydrogen-bond donors (Lipinski definition) is 2. The standard InChI is InChI=1S/C13H10Cl2N4O2/c1-16-12(20)7-2-3-8(14)9(4-7)19-13(21)10-5-17-6-11(15)18-10/h2-6H,1H3,(H,16,20)(H,19,21). The molecular formula is C13H10Cl2N4O2. The Hall–Kier alpha value is -2.18. The van der Waals surface area contributed by atoms with E-state index in [9.17, 15) is 9.59 Å². The number of hydrogen-bond acceptors (Lipinski definition) is 4. The third-order valence-corrected chi connectivity index (χ3v) is 3.05. The molecule has 0 spiro atoms. The second-order valence-corrected chi connectivity index (χ2v) is 4.75. The summed E-state index contributed by atoms with van der Waals surface area (Å²) in [6.45, 7) is 0. The van der Waals surface area contributed by atoms with Gasteiger partial charge in [0.15, 0.2) is 0 Å². The van der Waals surface area contributed by atoms with Crippen LogP contribution in [0.3, 0.4) is 0 Å². The van der Waals surface area contributed by atoms with Crippen molar-refractivity contribution in [2.24, 2.45) is 0 Å². The molecule has 0 saturated carbocycles. The molecule has 0 bridgehead atoms. The number of aromatic nitrogens is 2. The minimum absolute atomic E-state index is 0.0453. The van der Waals surface area contributed by atoms with Crippen molar-refractivity contribution in [2.75, 3.05) is 12.4 Å². The Balaban J connectivity index is 2.26. The first-order chi connectivity index (χ1) is 10.0. The summed E-state index contributed by atoms with van der Waals surface area (Å²) in [6, 6.07) is 4.54. The lowest BCUT2D eigenvalue weighted by molar-refractivity contribution is 0.0961. The number of anilines is 1. The third-order valence-electron chi connectivity index (χ3n) is 2.54. The monoisotopic (exact) mass is 324 g/mol. The summed E-state index contributed by atoms with van der Waals surface area (Å²) in [5, 5.41) is 5.45. The number of benzene rings is 1. The lowest BCUT2D eigenvalue weighted by atomic mass is 10.2. The maximum Gasteiger partial charge on any atom is 0.275 e. The van der Waals surface area contributed by atoms with Crippen LogP contribution in [-0.2, 0) is 0 Å². The largest absolute Gasteiger partial charge is 0.355 e. The van der Waals surface area contributed by atoms with Crippen LogP contribution in [0.1, 0.15) is 20.8 Å². The maximum atomic E-state index is 12.0. The molecule has 8 heteroatoms. The molecule has 108 valence electrons. The van der Waals surface area contributed by atoms with Gasteiger partial charge in [-0.2, -0.15) is 0 Å². The van der Waals surface area contributed by atoms with Crippen LogP contribution in [0.2, 0.25) is 10.2 Å². The molecule has 6 nitrogen and oxygen atoms in total. The van der Waals surface area contributed by atoms with Crippen LogP contribution in [-0.4, -0.2) is 28.8 Å². The lowest BCUT2D eigenvalue weighted by Crippen LogP contribution is -2.19. The molecule has 1 aromatic heterocycles. The van der Waals surface area contributed by atoms with Crippen LogP contribution >= 0.6 is 23.2 Å². The topological polar surface area (TPSA) is 84.0 Å². The average molecular weight is 325 g/mol. The van der Waals surface area contributed by atoms with Crippen molar-refractivity contribution in [3.63, 3.8) is 0 Å². The second kappa shape index (κ2) is 6.51. The first kappa shape index (κ1) is 15.2. The zero-order valence-corrected chi connectivity index (χ0v) is 12.4. The minimum atomic E-state index is -0.527. The van der Waals surface area contributed by atoms with Crippen LogP contribution in [0.5, 0.6) is 0 Å².